The Labute approximate surface area is 151 Å². The highest BCUT2D eigenvalue weighted by Crippen LogP contribution is 2.34. The average Bonchev–Trinajstić information content (AvgIpc) is 2.88. The van der Waals surface area contributed by atoms with Crippen LogP contribution in [0.15, 0.2) is 22.3 Å². The molecule has 1 aliphatic rings. The molecule has 1 aromatic carbocycles. The van der Waals surface area contributed by atoms with Crippen LogP contribution in [0.2, 0.25) is 0 Å². The number of amidine groups is 1. The standard InChI is InChI=1S/C14H14IN3O4S/c1-3-21-11-5-9(4-10(15)13(11)22-8(2)19)6-16-18-14-17-12(20)7-23-14/h4-6H,3,7H2,1-2H3,(H,17,18,20). The van der Waals surface area contributed by atoms with E-state index in [2.05, 4.69) is 38.1 Å². The van der Waals surface area contributed by atoms with Crippen LogP contribution in [-0.2, 0) is 9.59 Å². The summed E-state index contributed by atoms with van der Waals surface area (Å²) in [5, 5.41) is 11.0. The fraction of sp³-hybridized carbons (Fsp3) is 0.286. The number of rotatable bonds is 5. The lowest BCUT2D eigenvalue weighted by Crippen LogP contribution is -2.19. The number of nitrogens with one attached hydrogen (secondary N) is 1. The lowest BCUT2D eigenvalue weighted by Gasteiger charge is -2.12. The van der Waals surface area contributed by atoms with Crippen LogP contribution in [0.5, 0.6) is 11.5 Å². The fourth-order valence-corrected chi connectivity index (χ4v) is 3.06. The first-order valence-electron chi connectivity index (χ1n) is 6.68. The number of esters is 1. The minimum Gasteiger partial charge on any atom is -0.490 e. The Morgan fingerprint density at radius 1 is 1.52 bits per heavy atom. The molecule has 1 amide bonds. The van der Waals surface area contributed by atoms with Crippen molar-refractivity contribution >= 4 is 57.6 Å². The number of thioether (sulfide) groups is 1. The van der Waals surface area contributed by atoms with Crippen molar-refractivity contribution in [2.75, 3.05) is 12.4 Å². The van der Waals surface area contributed by atoms with E-state index in [0.717, 1.165) is 9.13 Å². The normalized spacial score (nSPS) is 16.0. The third-order valence-corrected chi connectivity index (χ3v) is 4.18. The van der Waals surface area contributed by atoms with E-state index in [9.17, 15) is 9.59 Å². The van der Waals surface area contributed by atoms with E-state index in [1.165, 1.54) is 18.7 Å². The lowest BCUT2D eigenvalue weighted by atomic mass is 10.2. The summed E-state index contributed by atoms with van der Waals surface area (Å²) in [6, 6.07) is 3.51. The molecular formula is C14H14IN3O4S. The summed E-state index contributed by atoms with van der Waals surface area (Å²) in [4.78, 5) is 22.2. The first-order chi connectivity index (χ1) is 11.0. The number of amides is 1. The first-order valence-corrected chi connectivity index (χ1v) is 8.74. The highest BCUT2D eigenvalue weighted by Gasteiger charge is 2.16. The Balaban J connectivity index is 2.22. The highest BCUT2D eigenvalue weighted by atomic mass is 127. The van der Waals surface area contributed by atoms with Crippen molar-refractivity contribution in [1.29, 1.82) is 0 Å². The van der Waals surface area contributed by atoms with Crippen LogP contribution < -0.4 is 14.8 Å². The van der Waals surface area contributed by atoms with Crippen LogP contribution in [0.25, 0.3) is 0 Å². The van der Waals surface area contributed by atoms with Gasteiger partial charge in [0.25, 0.3) is 0 Å². The SMILES string of the molecule is CCOc1cc(C=NN=C2NC(=O)CS2)cc(I)c1OC(C)=O. The monoisotopic (exact) mass is 447 g/mol. The van der Waals surface area contributed by atoms with Crippen molar-refractivity contribution in [3.05, 3.63) is 21.3 Å². The molecule has 0 unspecified atom stereocenters. The maximum atomic E-state index is 11.2. The molecule has 1 N–H and O–H groups in total. The molecule has 0 bridgehead atoms. The zero-order valence-corrected chi connectivity index (χ0v) is 15.4. The van der Waals surface area contributed by atoms with Crippen LogP contribution in [0, 0.1) is 3.57 Å². The Morgan fingerprint density at radius 3 is 2.91 bits per heavy atom. The van der Waals surface area contributed by atoms with Crippen LogP contribution in [0.4, 0.5) is 0 Å². The summed E-state index contributed by atoms with van der Waals surface area (Å²) in [6.07, 6.45) is 1.54. The predicted octanol–water partition coefficient (Wildman–Crippen LogP) is 2.17. The number of nitrogens with zero attached hydrogens (tertiary/aromatic N) is 2. The van der Waals surface area contributed by atoms with Gasteiger partial charge in [0.2, 0.25) is 5.91 Å². The zero-order valence-electron chi connectivity index (χ0n) is 12.5. The third kappa shape index (κ3) is 5.20. The first kappa shape index (κ1) is 17.7. The van der Waals surface area contributed by atoms with E-state index in [-0.39, 0.29) is 5.91 Å². The molecule has 0 spiro atoms. The molecule has 1 saturated heterocycles. The molecule has 7 nitrogen and oxygen atoms in total. The molecule has 0 aromatic heterocycles. The molecule has 0 aliphatic carbocycles. The molecule has 23 heavy (non-hydrogen) atoms. The fourth-order valence-electron chi connectivity index (χ4n) is 1.70. The molecule has 0 saturated carbocycles. The van der Waals surface area contributed by atoms with Crippen molar-refractivity contribution in [2.45, 2.75) is 13.8 Å². The summed E-state index contributed by atoms with van der Waals surface area (Å²) >= 11 is 3.36. The van der Waals surface area contributed by atoms with E-state index >= 15 is 0 Å². The van der Waals surface area contributed by atoms with E-state index in [0.29, 0.717) is 29.0 Å². The number of ether oxygens (including phenoxy) is 2. The van der Waals surface area contributed by atoms with Gasteiger partial charge in [-0.3, -0.25) is 9.59 Å². The second kappa shape index (κ2) is 8.29. The van der Waals surface area contributed by atoms with E-state index in [1.54, 1.807) is 18.3 Å². The van der Waals surface area contributed by atoms with Gasteiger partial charge in [0.1, 0.15) is 0 Å². The minimum absolute atomic E-state index is 0.0807. The molecule has 1 fully saturated rings. The maximum Gasteiger partial charge on any atom is 0.308 e. The molecular weight excluding hydrogens is 433 g/mol. The van der Waals surface area contributed by atoms with Crippen LogP contribution >= 0.6 is 34.4 Å². The van der Waals surface area contributed by atoms with Crippen molar-refractivity contribution in [3.8, 4) is 11.5 Å². The molecule has 1 aliphatic heterocycles. The molecule has 0 radical (unpaired) electrons. The van der Waals surface area contributed by atoms with Gasteiger partial charge in [-0.1, -0.05) is 11.8 Å². The third-order valence-electron chi connectivity index (χ3n) is 2.52. The Kier molecular flexibility index (Phi) is 6.39. The second-order valence-electron chi connectivity index (χ2n) is 4.34. The second-order valence-corrected chi connectivity index (χ2v) is 6.47. The Hall–Kier alpha value is -1.62. The van der Waals surface area contributed by atoms with E-state index < -0.39 is 5.97 Å². The summed E-state index contributed by atoms with van der Waals surface area (Å²) in [5.41, 5.74) is 0.743. The van der Waals surface area contributed by atoms with E-state index in [1.807, 2.05) is 6.92 Å². The van der Waals surface area contributed by atoms with Crippen molar-refractivity contribution in [1.82, 2.24) is 5.32 Å². The number of hydrogen-bond acceptors (Lipinski definition) is 7. The van der Waals surface area contributed by atoms with E-state index in [4.69, 9.17) is 9.47 Å². The summed E-state index contributed by atoms with van der Waals surface area (Å²) < 4.78 is 11.4. The summed E-state index contributed by atoms with van der Waals surface area (Å²) in [5.74, 6) is 0.723. The summed E-state index contributed by atoms with van der Waals surface area (Å²) in [7, 11) is 0. The highest BCUT2D eigenvalue weighted by molar-refractivity contribution is 14.1. The van der Waals surface area contributed by atoms with Gasteiger partial charge in [-0.25, -0.2) is 0 Å². The van der Waals surface area contributed by atoms with Crippen molar-refractivity contribution < 1.29 is 19.1 Å². The minimum atomic E-state index is -0.411. The number of benzene rings is 1. The van der Waals surface area contributed by atoms with Gasteiger partial charge in [-0.2, -0.15) is 5.10 Å². The van der Waals surface area contributed by atoms with Gasteiger partial charge in [0.15, 0.2) is 16.7 Å². The quantitative estimate of drug-likeness (QED) is 0.246. The van der Waals surface area contributed by atoms with Gasteiger partial charge in [-0.15, -0.1) is 5.10 Å². The largest absolute Gasteiger partial charge is 0.490 e. The van der Waals surface area contributed by atoms with Crippen LogP contribution in [0.3, 0.4) is 0 Å². The lowest BCUT2D eigenvalue weighted by molar-refractivity contribution is -0.132. The predicted molar refractivity (Wildman–Crippen MR) is 97.3 cm³/mol. The number of carbonyl (C=O) groups excluding carboxylic acids is 2. The van der Waals surface area contributed by atoms with Gasteiger partial charge < -0.3 is 14.8 Å². The molecule has 9 heteroatoms. The average molecular weight is 447 g/mol. The van der Waals surface area contributed by atoms with Gasteiger partial charge in [0.05, 0.1) is 22.1 Å². The number of halogens is 1. The Bertz CT molecular complexity index is 691. The van der Waals surface area contributed by atoms with Crippen LogP contribution in [-0.4, -0.2) is 35.6 Å². The topological polar surface area (TPSA) is 89.3 Å². The van der Waals surface area contributed by atoms with Crippen molar-refractivity contribution in [2.24, 2.45) is 10.2 Å². The molecule has 122 valence electrons. The molecule has 1 heterocycles. The number of hydrogen-bond donors (Lipinski definition) is 1. The zero-order chi connectivity index (χ0) is 16.8. The van der Waals surface area contributed by atoms with Gasteiger partial charge in [0, 0.05) is 6.92 Å². The van der Waals surface area contributed by atoms with Crippen LogP contribution in [0.1, 0.15) is 19.4 Å². The molecule has 2 rings (SSSR count). The van der Waals surface area contributed by atoms with Gasteiger partial charge >= 0.3 is 5.97 Å². The Morgan fingerprint density at radius 2 is 2.30 bits per heavy atom. The molecule has 1 aromatic rings. The number of carbonyl (C=O) groups is 2. The van der Waals surface area contributed by atoms with Crippen molar-refractivity contribution in [3.63, 3.8) is 0 Å². The van der Waals surface area contributed by atoms with Gasteiger partial charge in [-0.05, 0) is 47.2 Å². The maximum absolute atomic E-state index is 11.2. The molecule has 0 atom stereocenters. The smallest absolute Gasteiger partial charge is 0.308 e. The summed E-state index contributed by atoms with van der Waals surface area (Å²) in [6.45, 7) is 3.62.